The molecule has 0 unspecified atom stereocenters. The molecule has 0 fully saturated rings. The first-order valence-electron chi connectivity index (χ1n) is 16.0. The molecule has 2 atom stereocenters. The van der Waals surface area contributed by atoms with Gasteiger partial charge < -0.3 is 30.0 Å². The van der Waals surface area contributed by atoms with Crippen molar-refractivity contribution in [3.8, 4) is 34.8 Å². The van der Waals surface area contributed by atoms with Crippen molar-refractivity contribution >= 4 is 11.8 Å². The Morgan fingerprint density at radius 2 is 1.09 bits per heavy atom. The molecule has 0 spiro atoms. The number of nitrogens with one attached hydrogen (secondary N) is 2. The van der Waals surface area contributed by atoms with Gasteiger partial charge in [-0.3, -0.25) is 9.59 Å². The second-order valence-electron chi connectivity index (χ2n) is 11.9. The molecule has 2 aromatic carbocycles. The molecule has 47 heavy (non-hydrogen) atoms. The number of aryl methyl sites for hydroxylation is 2. The van der Waals surface area contributed by atoms with E-state index in [9.17, 15) is 14.7 Å². The van der Waals surface area contributed by atoms with Gasteiger partial charge in [-0.05, 0) is 101 Å². The van der Waals surface area contributed by atoms with Crippen LogP contribution < -0.4 is 24.8 Å². The molecule has 4 aromatic rings. The van der Waals surface area contributed by atoms with Crippen LogP contribution in [-0.2, 0) is 22.4 Å². The van der Waals surface area contributed by atoms with Gasteiger partial charge >= 0.3 is 0 Å². The summed E-state index contributed by atoms with van der Waals surface area (Å²) in [6.45, 7) is 7.86. The average molecular weight is 641 g/mol. The van der Waals surface area contributed by atoms with Gasteiger partial charge in [0.15, 0.2) is 0 Å². The number of ether oxygens (including phenoxy) is 3. The van der Waals surface area contributed by atoms with Gasteiger partial charge in [0.2, 0.25) is 23.6 Å². The van der Waals surface area contributed by atoms with E-state index in [0.717, 1.165) is 36.8 Å². The first kappa shape index (κ1) is 34.7. The van der Waals surface area contributed by atoms with Crippen molar-refractivity contribution in [1.29, 1.82) is 0 Å². The molecular weight excluding hydrogens is 596 g/mol. The lowest BCUT2D eigenvalue weighted by Gasteiger charge is -2.16. The second-order valence-corrected chi connectivity index (χ2v) is 11.9. The standard InChI is InChI=1S/C37H44N4O6/c1-25(2)45-33-18-22-37(39-24-33)47-32-16-11-29(12-17-32)8-6-27(4)41-35(44)20-19-34(43)40-26(3)5-7-28-9-14-31(15-10-28)46-36-21-13-30(42)23-38-36/h9-18,21-27,42H,5-8,19-20H2,1-4H3,(H,40,43)(H,41,44)/t26-,27-/m0/s1. The number of benzene rings is 2. The van der Waals surface area contributed by atoms with E-state index >= 15 is 0 Å². The van der Waals surface area contributed by atoms with E-state index in [1.54, 1.807) is 18.3 Å². The van der Waals surface area contributed by atoms with Gasteiger partial charge in [0, 0.05) is 37.1 Å². The molecule has 0 aliphatic heterocycles. The Morgan fingerprint density at radius 1 is 0.638 bits per heavy atom. The summed E-state index contributed by atoms with van der Waals surface area (Å²) < 4.78 is 17.1. The Hall–Kier alpha value is -5.12. The lowest BCUT2D eigenvalue weighted by atomic mass is 10.1. The number of hydrogen-bond acceptors (Lipinski definition) is 8. The highest BCUT2D eigenvalue weighted by Gasteiger charge is 2.13. The van der Waals surface area contributed by atoms with Crippen molar-refractivity contribution in [2.75, 3.05) is 0 Å². The van der Waals surface area contributed by atoms with Gasteiger partial charge in [-0.2, -0.15) is 0 Å². The Bertz CT molecular complexity index is 1540. The lowest BCUT2D eigenvalue weighted by Crippen LogP contribution is -2.36. The van der Waals surface area contributed by atoms with Gasteiger partial charge in [0.25, 0.3) is 0 Å². The molecule has 4 rings (SSSR count). The van der Waals surface area contributed by atoms with Crippen LogP contribution in [0.1, 0.15) is 64.5 Å². The minimum absolute atomic E-state index is 0.0228. The zero-order valence-corrected chi connectivity index (χ0v) is 27.4. The molecule has 0 radical (unpaired) electrons. The lowest BCUT2D eigenvalue weighted by molar-refractivity contribution is -0.127. The minimum Gasteiger partial charge on any atom is -0.506 e. The van der Waals surface area contributed by atoms with Crippen molar-refractivity contribution in [2.24, 2.45) is 0 Å². The number of hydrogen-bond donors (Lipinski definition) is 3. The summed E-state index contributed by atoms with van der Waals surface area (Å²) in [4.78, 5) is 33.2. The highest BCUT2D eigenvalue weighted by atomic mass is 16.5. The average Bonchev–Trinajstić information content (AvgIpc) is 3.05. The topological polar surface area (TPSA) is 132 Å². The Morgan fingerprint density at radius 3 is 1.49 bits per heavy atom. The van der Waals surface area contributed by atoms with Crippen LogP contribution >= 0.6 is 0 Å². The summed E-state index contributed by atoms with van der Waals surface area (Å²) in [5.74, 6) is 2.75. The van der Waals surface area contributed by atoms with Crippen LogP contribution in [0.5, 0.6) is 34.8 Å². The Kier molecular flexibility index (Phi) is 13.0. The smallest absolute Gasteiger partial charge is 0.220 e. The predicted molar refractivity (Wildman–Crippen MR) is 180 cm³/mol. The van der Waals surface area contributed by atoms with Crippen LogP contribution in [0.15, 0.2) is 85.2 Å². The summed E-state index contributed by atoms with van der Waals surface area (Å²) in [6.07, 6.45) is 6.46. The molecule has 0 aliphatic rings. The van der Waals surface area contributed by atoms with Gasteiger partial charge in [0.05, 0.1) is 18.5 Å². The van der Waals surface area contributed by atoms with E-state index in [2.05, 4.69) is 20.6 Å². The van der Waals surface area contributed by atoms with Crippen molar-refractivity contribution in [1.82, 2.24) is 20.6 Å². The number of carbonyl (C=O) groups excluding carboxylic acids is 2. The molecule has 0 bridgehead atoms. The van der Waals surface area contributed by atoms with E-state index in [-0.39, 0.29) is 48.6 Å². The summed E-state index contributed by atoms with van der Waals surface area (Å²) in [5.41, 5.74) is 2.25. The maximum atomic E-state index is 12.5. The maximum absolute atomic E-state index is 12.5. The van der Waals surface area contributed by atoms with Crippen LogP contribution in [0.3, 0.4) is 0 Å². The minimum atomic E-state index is -0.136. The molecule has 2 heterocycles. The van der Waals surface area contributed by atoms with E-state index in [1.807, 2.05) is 82.3 Å². The van der Waals surface area contributed by atoms with Crippen molar-refractivity contribution < 1.29 is 28.9 Å². The zero-order valence-electron chi connectivity index (χ0n) is 27.4. The fraction of sp³-hybridized carbons (Fsp3) is 0.351. The Labute approximate surface area is 276 Å². The van der Waals surface area contributed by atoms with Crippen LogP contribution in [-0.4, -0.2) is 45.1 Å². The summed E-state index contributed by atoms with van der Waals surface area (Å²) in [6, 6.07) is 22.2. The van der Waals surface area contributed by atoms with Crippen molar-refractivity contribution in [3.05, 3.63) is 96.3 Å². The van der Waals surface area contributed by atoms with Crippen LogP contribution in [0.2, 0.25) is 0 Å². The first-order chi connectivity index (χ1) is 22.6. The highest BCUT2D eigenvalue weighted by molar-refractivity contribution is 5.83. The van der Waals surface area contributed by atoms with Gasteiger partial charge in [-0.25, -0.2) is 9.97 Å². The van der Waals surface area contributed by atoms with Gasteiger partial charge in [-0.15, -0.1) is 0 Å². The van der Waals surface area contributed by atoms with Crippen LogP contribution in [0.4, 0.5) is 0 Å². The van der Waals surface area contributed by atoms with E-state index in [1.165, 1.54) is 12.3 Å². The van der Waals surface area contributed by atoms with Crippen molar-refractivity contribution in [3.63, 3.8) is 0 Å². The van der Waals surface area contributed by atoms with Gasteiger partial charge in [-0.1, -0.05) is 24.3 Å². The van der Waals surface area contributed by atoms with E-state index in [0.29, 0.717) is 29.0 Å². The zero-order chi connectivity index (χ0) is 33.6. The summed E-state index contributed by atoms with van der Waals surface area (Å²) in [5, 5.41) is 15.3. The monoisotopic (exact) mass is 640 g/mol. The number of amides is 2. The quantitative estimate of drug-likeness (QED) is 0.113. The molecule has 0 saturated carbocycles. The Balaban J connectivity index is 1.08. The van der Waals surface area contributed by atoms with E-state index in [4.69, 9.17) is 14.2 Å². The molecular formula is C37H44N4O6. The third-order valence-corrected chi connectivity index (χ3v) is 7.22. The summed E-state index contributed by atoms with van der Waals surface area (Å²) in [7, 11) is 0. The number of carbonyl (C=O) groups is 2. The molecule has 0 aliphatic carbocycles. The SMILES string of the molecule is CC(C)Oc1ccc(Oc2ccc(CC[C@H](C)NC(=O)CCC(=O)N[C@@H](C)CCc3ccc(Oc4ccc(O)cn4)cc3)cc2)nc1. The highest BCUT2D eigenvalue weighted by Crippen LogP contribution is 2.23. The number of aromatic nitrogens is 2. The number of rotatable bonds is 17. The molecule has 2 aromatic heterocycles. The second kappa shape index (κ2) is 17.5. The largest absolute Gasteiger partial charge is 0.506 e. The predicted octanol–water partition coefficient (Wildman–Crippen LogP) is 6.91. The molecule has 2 amide bonds. The maximum Gasteiger partial charge on any atom is 0.220 e. The van der Waals surface area contributed by atoms with Gasteiger partial charge in [0.1, 0.15) is 23.0 Å². The molecule has 10 nitrogen and oxygen atoms in total. The summed E-state index contributed by atoms with van der Waals surface area (Å²) >= 11 is 0. The number of nitrogens with zero attached hydrogens (tertiary/aromatic N) is 2. The normalized spacial score (nSPS) is 12.2. The molecule has 10 heteroatoms. The van der Waals surface area contributed by atoms with Crippen LogP contribution in [0, 0.1) is 0 Å². The third kappa shape index (κ3) is 12.7. The number of pyridine rings is 2. The molecule has 248 valence electrons. The molecule has 3 N–H and O–H groups in total. The van der Waals surface area contributed by atoms with Crippen molar-refractivity contribution in [2.45, 2.75) is 84.4 Å². The fourth-order valence-electron chi connectivity index (χ4n) is 4.72. The molecule has 0 saturated heterocycles. The fourth-order valence-corrected chi connectivity index (χ4v) is 4.72. The van der Waals surface area contributed by atoms with E-state index < -0.39 is 0 Å². The first-order valence-corrected chi connectivity index (χ1v) is 16.0. The van der Waals surface area contributed by atoms with Crippen LogP contribution in [0.25, 0.3) is 0 Å². The third-order valence-electron chi connectivity index (χ3n) is 7.22. The number of aromatic hydroxyl groups is 1.